The lowest BCUT2D eigenvalue weighted by molar-refractivity contribution is 0.375. The van der Waals surface area contributed by atoms with Crippen molar-refractivity contribution >= 4 is 15.7 Å². The van der Waals surface area contributed by atoms with E-state index in [9.17, 15) is 17.2 Å². The van der Waals surface area contributed by atoms with E-state index in [2.05, 4.69) is 9.82 Å². The van der Waals surface area contributed by atoms with Crippen LogP contribution in [0.15, 0.2) is 18.2 Å². The standard InChI is InChI=1S/C13H15F2N3O3S/c1-8-12(13(21-3)18(2)16-8)17-22(19,20)7-9-4-5-10(14)6-11(9)15/h4-6,17H,7H2,1-3H3. The van der Waals surface area contributed by atoms with E-state index in [0.29, 0.717) is 11.8 Å². The summed E-state index contributed by atoms with van der Waals surface area (Å²) in [6.07, 6.45) is 0. The van der Waals surface area contributed by atoms with Crippen molar-refractivity contribution in [3.63, 3.8) is 0 Å². The SMILES string of the molecule is COc1c(NS(=O)(=O)Cc2ccc(F)cc2F)c(C)nn1C. The van der Waals surface area contributed by atoms with Crippen LogP contribution in [0.5, 0.6) is 5.88 Å². The molecule has 2 rings (SSSR count). The highest BCUT2D eigenvalue weighted by molar-refractivity contribution is 7.91. The van der Waals surface area contributed by atoms with Gasteiger partial charge in [-0.25, -0.2) is 21.9 Å². The molecular weight excluding hydrogens is 316 g/mol. The van der Waals surface area contributed by atoms with Crippen molar-refractivity contribution in [1.82, 2.24) is 9.78 Å². The van der Waals surface area contributed by atoms with Gasteiger partial charge in [-0.3, -0.25) is 4.72 Å². The molecular formula is C13H15F2N3O3S. The van der Waals surface area contributed by atoms with Crippen LogP contribution >= 0.6 is 0 Å². The molecule has 22 heavy (non-hydrogen) atoms. The Balaban J connectivity index is 2.29. The summed E-state index contributed by atoms with van der Waals surface area (Å²) in [6, 6.07) is 2.74. The van der Waals surface area contributed by atoms with Gasteiger partial charge in [0.2, 0.25) is 15.9 Å². The van der Waals surface area contributed by atoms with Crippen molar-refractivity contribution in [2.75, 3.05) is 11.8 Å². The van der Waals surface area contributed by atoms with Crippen LogP contribution in [0.2, 0.25) is 0 Å². The Hall–Kier alpha value is -2.16. The molecule has 1 N–H and O–H groups in total. The first kappa shape index (κ1) is 16.2. The fourth-order valence-electron chi connectivity index (χ4n) is 2.02. The molecule has 0 bridgehead atoms. The minimum atomic E-state index is -3.91. The van der Waals surface area contributed by atoms with Crippen LogP contribution in [-0.4, -0.2) is 25.3 Å². The average Bonchev–Trinajstić information content (AvgIpc) is 2.66. The molecule has 0 saturated carbocycles. The van der Waals surface area contributed by atoms with E-state index < -0.39 is 27.4 Å². The molecule has 2 aromatic rings. The second-order valence-corrected chi connectivity index (χ2v) is 6.41. The number of ether oxygens (including phenoxy) is 1. The van der Waals surface area contributed by atoms with Gasteiger partial charge in [-0.15, -0.1) is 0 Å². The van der Waals surface area contributed by atoms with E-state index in [1.165, 1.54) is 11.8 Å². The Bertz CT molecular complexity index is 803. The molecule has 1 aromatic heterocycles. The van der Waals surface area contributed by atoms with Gasteiger partial charge in [0.25, 0.3) is 0 Å². The fraction of sp³-hybridized carbons (Fsp3) is 0.308. The Morgan fingerprint density at radius 1 is 1.36 bits per heavy atom. The summed E-state index contributed by atoms with van der Waals surface area (Å²) in [7, 11) is -0.927. The lowest BCUT2D eigenvalue weighted by Gasteiger charge is -2.10. The maximum absolute atomic E-state index is 13.6. The van der Waals surface area contributed by atoms with Crippen LogP contribution in [0.4, 0.5) is 14.5 Å². The number of methoxy groups -OCH3 is 1. The number of aromatic nitrogens is 2. The molecule has 1 aromatic carbocycles. The molecule has 0 spiro atoms. The van der Waals surface area contributed by atoms with Gasteiger partial charge >= 0.3 is 0 Å². The second kappa shape index (κ2) is 5.91. The predicted octanol–water partition coefficient (Wildman–Crippen LogP) is 1.96. The van der Waals surface area contributed by atoms with Crippen LogP contribution in [0, 0.1) is 18.6 Å². The normalized spacial score (nSPS) is 11.5. The highest BCUT2D eigenvalue weighted by Crippen LogP contribution is 2.28. The average molecular weight is 331 g/mol. The first-order valence-corrected chi connectivity index (χ1v) is 7.90. The lowest BCUT2D eigenvalue weighted by Crippen LogP contribution is -2.16. The van der Waals surface area contributed by atoms with Crippen molar-refractivity contribution in [2.45, 2.75) is 12.7 Å². The molecule has 0 aliphatic carbocycles. The summed E-state index contributed by atoms with van der Waals surface area (Å²) in [5.74, 6) is -2.08. The maximum atomic E-state index is 13.6. The Morgan fingerprint density at radius 3 is 2.64 bits per heavy atom. The Kier molecular flexibility index (Phi) is 4.36. The van der Waals surface area contributed by atoms with Crippen LogP contribution in [0.1, 0.15) is 11.3 Å². The number of halogens is 2. The van der Waals surface area contributed by atoms with Gasteiger partial charge in [-0.05, 0) is 13.0 Å². The first-order valence-electron chi connectivity index (χ1n) is 6.25. The molecule has 9 heteroatoms. The van der Waals surface area contributed by atoms with E-state index in [1.807, 2.05) is 0 Å². The zero-order chi connectivity index (χ0) is 16.5. The molecule has 0 unspecified atom stereocenters. The summed E-state index contributed by atoms with van der Waals surface area (Å²) in [4.78, 5) is 0. The van der Waals surface area contributed by atoms with E-state index in [1.54, 1.807) is 14.0 Å². The summed E-state index contributed by atoms with van der Waals surface area (Å²) in [5, 5.41) is 4.04. The molecule has 120 valence electrons. The largest absolute Gasteiger partial charge is 0.480 e. The van der Waals surface area contributed by atoms with Crippen LogP contribution in [0.3, 0.4) is 0 Å². The highest BCUT2D eigenvalue weighted by Gasteiger charge is 2.21. The number of hydrogen-bond donors (Lipinski definition) is 1. The second-order valence-electron chi connectivity index (χ2n) is 4.69. The first-order chi connectivity index (χ1) is 10.2. The summed E-state index contributed by atoms with van der Waals surface area (Å²) in [5.41, 5.74) is 0.476. The number of nitrogens with one attached hydrogen (secondary N) is 1. The smallest absolute Gasteiger partial charge is 0.237 e. The molecule has 0 aliphatic rings. The predicted molar refractivity (Wildman–Crippen MR) is 77.1 cm³/mol. The lowest BCUT2D eigenvalue weighted by atomic mass is 10.2. The molecule has 0 atom stereocenters. The highest BCUT2D eigenvalue weighted by atomic mass is 32.2. The van der Waals surface area contributed by atoms with Gasteiger partial charge in [0.05, 0.1) is 18.6 Å². The van der Waals surface area contributed by atoms with Crippen molar-refractivity contribution < 1.29 is 21.9 Å². The number of sulfonamides is 1. The molecule has 0 saturated heterocycles. The van der Waals surface area contributed by atoms with Crippen molar-refractivity contribution in [2.24, 2.45) is 7.05 Å². The Labute approximate surface area is 126 Å². The minimum absolute atomic E-state index is 0.130. The minimum Gasteiger partial charge on any atom is -0.480 e. The van der Waals surface area contributed by atoms with E-state index in [0.717, 1.165) is 12.1 Å². The molecule has 0 aliphatic heterocycles. The monoisotopic (exact) mass is 331 g/mol. The number of hydrogen-bond acceptors (Lipinski definition) is 4. The van der Waals surface area contributed by atoms with Crippen LogP contribution < -0.4 is 9.46 Å². The zero-order valence-electron chi connectivity index (χ0n) is 12.2. The van der Waals surface area contributed by atoms with Gasteiger partial charge in [0.15, 0.2) is 0 Å². The maximum Gasteiger partial charge on any atom is 0.237 e. The van der Waals surface area contributed by atoms with Crippen molar-refractivity contribution in [1.29, 1.82) is 0 Å². The van der Waals surface area contributed by atoms with Gasteiger partial charge in [0, 0.05) is 18.7 Å². The third kappa shape index (κ3) is 3.35. The third-order valence-electron chi connectivity index (χ3n) is 2.98. The van der Waals surface area contributed by atoms with Crippen LogP contribution in [0.25, 0.3) is 0 Å². The number of rotatable bonds is 5. The summed E-state index contributed by atoms with van der Waals surface area (Å²) >= 11 is 0. The van der Waals surface area contributed by atoms with Gasteiger partial charge < -0.3 is 4.74 Å². The number of nitrogens with zero attached hydrogens (tertiary/aromatic N) is 2. The quantitative estimate of drug-likeness (QED) is 0.909. The number of anilines is 1. The zero-order valence-corrected chi connectivity index (χ0v) is 13.0. The molecule has 6 nitrogen and oxygen atoms in total. The topological polar surface area (TPSA) is 73.2 Å². The molecule has 0 fully saturated rings. The van der Waals surface area contributed by atoms with Gasteiger partial charge in [0.1, 0.15) is 17.3 Å². The van der Waals surface area contributed by atoms with E-state index in [4.69, 9.17) is 4.74 Å². The fourth-order valence-corrected chi connectivity index (χ4v) is 3.29. The van der Waals surface area contributed by atoms with E-state index in [-0.39, 0.29) is 17.1 Å². The molecule has 1 heterocycles. The van der Waals surface area contributed by atoms with Crippen molar-refractivity contribution in [3.8, 4) is 5.88 Å². The molecule has 0 radical (unpaired) electrons. The van der Waals surface area contributed by atoms with Gasteiger partial charge in [-0.2, -0.15) is 5.10 Å². The number of aryl methyl sites for hydroxylation is 2. The van der Waals surface area contributed by atoms with Crippen molar-refractivity contribution in [3.05, 3.63) is 41.1 Å². The number of benzene rings is 1. The van der Waals surface area contributed by atoms with Crippen LogP contribution in [-0.2, 0) is 22.8 Å². The summed E-state index contributed by atoms with van der Waals surface area (Å²) < 4.78 is 59.6. The van der Waals surface area contributed by atoms with Gasteiger partial charge in [-0.1, -0.05) is 6.07 Å². The summed E-state index contributed by atoms with van der Waals surface area (Å²) in [6.45, 7) is 1.61. The van der Waals surface area contributed by atoms with E-state index >= 15 is 0 Å². The third-order valence-corrected chi connectivity index (χ3v) is 4.19. The Morgan fingerprint density at radius 2 is 2.05 bits per heavy atom. The molecule has 0 amide bonds.